The smallest absolute Gasteiger partial charge is 0.244 e. The number of hydrogen-bond donors (Lipinski definition) is 2. The lowest BCUT2D eigenvalue weighted by Gasteiger charge is -2.17. The van der Waals surface area contributed by atoms with Crippen molar-refractivity contribution >= 4 is 11.6 Å². The molecule has 0 aliphatic carbocycles. The molecule has 0 fully saturated rings. The zero-order valence-electron chi connectivity index (χ0n) is 11.3. The van der Waals surface area contributed by atoms with Gasteiger partial charge < -0.3 is 11.1 Å². The lowest BCUT2D eigenvalue weighted by molar-refractivity contribution is -0.118. The first kappa shape index (κ1) is 13.1. The second-order valence-corrected chi connectivity index (χ2v) is 4.64. The van der Waals surface area contributed by atoms with Gasteiger partial charge in [0.1, 0.15) is 6.04 Å². The Morgan fingerprint density at radius 3 is 2.58 bits per heavy atom. The van der Waals surface area contributed by atoms with Crippen LogP contribution in [0, 0.1) is 13.8 Å². The molecule has 5 nitrogen and oxygen atoms in total. The Labute approximate surface area is 112 Å². The minimum absolute atomic E-state index is 0.417. The van der Waals surface area contributed by atoms with Gasteiger partial charge in [-0.05, 0) is 25.5 Å². The van der Waals surface area contributed by atoms with Crippen molar-refractivity contribution < 1.29 is 4.79 Å². The van der Waals surface area contributed by atoms with E-state index in [4.69, 9.17) is 5.73 Å². The number of aryl methyl sites for hydroxylation is 3. The highest BCUT2D eigenvalue weighted by Gasteiger charge is 2.22. The second kappa shape index (κ2) is 5.14. The summed E-state index contributed by atoms with van der Waals surface area (Å²) in [6, 6.07) is 7.21. The van der Waals surface area contributed by atoms with Gasteiger partial charge in [0.15, 0.2) is 0 Å². The molecule has 0 aliphatic heterocycles. The molecule has 100 valence electrons. The number of benzene rings is 1. The summed E-state index contributed by atoms with van der Waals surface area (Å²) in [5.74, 6) is -0.417. The Balaban J connectivity index is 2.35. The first-order valence-electron chi connectivity index (χ1n) is 6.10. The molecule has 1 unspecified atom stereocenters. The van der Waals surface area contributed by atoms with Crippen molar-refractivity contribution in [2.24, 2.45) is 12.8 Å². The van der Waals surface area contributed by atoms with Gasteiger partial charge >= 0.3 is 0 Å². The van der Waals surface area contributed by atoms with Crippen molar-refractivity contribution in [3.63, 3.8) is 0 Å². The van der Waals surface area contributed by atoms with Gasteiger partial charge in [0.05, 0.1) is 5.69 Å². The van der Waals surface area contributed by atoms with Crippen molar-refractivity contribution in [2.45, 2.75) is 19.9 Å². The monoisotopic (exact) mass is 258 g/mol. The number of para-hydroxylation sites is 1. The van der Waals surface area contributed by atoms with Gasteiger partial charge in [0.2, 0.25) is 5.91 Å². The summed E-state index contributed by atoms with van der Waals surface area (Å²) >= 11 is 0. The van der Waals surface area contributed by atoms with Crippen LogP contribution in [0.5, 0.6) is 0 Å². The Kier molecular flexibility index (Phi) is 3.55. The molecule has 1 atom stereocenters. The molecule has 1 aromatic heterocycles. The summed E-state index contributed by atoms with van der Waals surface area (Å²) in [5.41, 5.74) is 9.07. The van der Waals surface area contributed by atoms with Crippen molar-refractivity contribution in [1.29, 1.82) is 0 Å². The molecule has 19 heavy (non-hydrogen) atoms. The van der Waals surface area contributed by atoms with Crippen LogP contribution in [0.4, 0.5) is 5.69 Å². The molecular weight excluding hydrogens is 240 g/mol. The van der Waals surface area contributed by atoms with E-state index < -0.39 is 11.9 Å². The largest absolute Gasteiger partial charge is 0.370 e. The summed E-state index contributed by atoms with van der Waals surface area (Å²) < 4.78 is 1.68. The van der Waals surface area contributed by atoms with Crippen LogP contribution in [-0.4, -0.2) is 15.7 Å². The number of rotatable bonds is 4. The summed E-state index contributed by atoms with van der Waals surface area (Å²) in [7, 11) is 1.82. The highest BCUT2D eigenvalue weighted by molar-refractivity contribution is 5.85. The topological polar surface area (TPSA) is 72.9 Å². The zero-order valence-corrected chi connectivity index (χ0v) is 11.3. The highest BCUT2D eigenvalue weighted by Crippen LogP contribution is 2.23. The molecule has 0 saturated carbocycles. The molecule has 1 aromatic carbocycles. The van der Waals surface area contributed by atoms with Crippen LogP contribution in [-0.2, 0) is 11.8 Å². The summed E-state index contributed by atoms with van der Waals surface area (Å²) in [6.45, 7) is 3.85. The number of amides is 1. The van der Waals surface area contributed by atoms with Gasteiger partial charge in [-0.2, -0.15) is 5.10 Å². The average molecular weight is 258 g/mol. The van der Waals surface area contributed by atoms with Crippen LogP contribution >= 0.6 is 0 Å². The fourth-order valence-electron chi connectivity index (χ4n) is 2.09. The van der Waals surface area contributed by atoms with Gasteiger partial charge in [-0.15, -0.1) is 0 Å². The van der Waals surface area contributed by atoms with Gasteiger partial charge in [-0.1, -0.05) is 18.2 Å². The standard InChI is InChI=1S/C14H18N4O/c1-9-6-4-5-7-12(9)16-13(14(15)19)11-8-18(3)17-10(11)2/h4-8,13,16H,1-3H3,(H2,15,19). The third-order valence-electron chi connectivity index (χ3n) is 3.09. The van der Waals surface area contributed by atoms with Crippen LogP contribution in [0.25, 0.3) is 0 Å². The van der Waals surface area contributed by atoms with E-state index in [0.717, 1.165) is 22.5 Å². The number of carbonyl (C=O) groups excluding carboxylic acids is 1. The summed E-state index contributed by atoms with van der Waals surface area (Å²) in [5, 5.41) is 7.44. The molecule has 2 aromatic rings. The van der Waals surface area contributed by atoms with Crippen molar-refractivity contribution in [2.75, 3.05) is 5.32 Å². The lowest BCUT2D eigenvalue weighted by atomic mass is 10.1. The van der Waals surface area contributed by atoms with E-state index in [-0.39, 0.29) is 0 Å². The van der Waals surface area contributed by atoms with Crippen LogP contribution in [0.3, 0.4) is 0 Å². The summed E-state index contributed by atoms with van der Waals surface area (Å²) in [4.78, 5) is 11.7. The molecule has 0 aliphatic rings. The first-order valence-corrected chi connectivity index (χ1v) is 6.10. The van der Waals surface area contributed by atoms with E-state index in [1.165, 1.54) is 0 Å². The van der Waals surface area contributed by atoms with Crippen LogP contribution in [0.2, 0.25) is 0 Å². The number of hydrogen-bond acceptors (Lipinski definition) is 3. The number of nitrogens with one attached hydrogen (secondary N) is 1. The van der Waals surface area contributed by atoms with Crippen LogP contribution in [0.1, 0.15) is 22.9 Å². The lowest BCUT2D eigenvalue weighted by Crippen LogP contribution is -2.28. The SMILES string of the molecule is Cc1ccccc1NC(C(N)=O)c1cn(C)nc1C. The second-order valence-electron chi connectivity index (χ2n) is 4.64. The van der Waals surface area contributed by atoms with E-state index in [1.54, 1.807) is 4.68 Å². The van der Waals surface area contributed by atoms with E-state index in [2.05, 4.69) is 10.4 Å². The highest BCUT2D eigenvalue weighted by atomic mass is 16.1. The molecule has 0 saturated heterocycles. The Hall–Kier alpha value is -2.30. The van der Waals surface area contributed by atoms with Gasteiger partial charge in [0, 0.05) is 24.5 Å². The Morgan fingerprint density at radius 1 is 1.37 bits per heavy atom. The zero-order chi connectivity index (χ0) is 14.0. The molecule has 5 heteroatoms. The van der Waals surface area contributed by atoms with E-state index in [1.807, 2.05) is 51.4 Å². The van der Waals surface area contributed by atoms with E-state index in [9.17, 15) is 4.79 Å². The van der Waals surface area contributed by atoms with Crippen LogP contribution in [0.15, 0.2) is 30.5 Å². The predicted molar refractivity (Wildman–Crippen MR) is 74.7 cm³/mol. The van der Waals surface area contributed by atoms with E-state index >= 15 is 0 Å². The minimum Gasteiger partial charge on any atom is -0.370 e. The molecule has 3 N–H and O–H groups in total. The third kappa shape index (κ3) is 2.76. The number of carbonyl (C=O) groups is 1. The van der Waals surface area contributed by atoms with Gasteiger partial charge in [-0.3, -0.25) is 9.48 Å². The van der Waals surface area contributed by atoms with Crippen LogP contribution < -0.4 is 11.1 Å². The van der Waals surface area contributed by atoms with Gasteiger partial charge in [-0.25, -0.2) is 0 Å². The van der Waals surface area contributed by atoms with Crippen molar-refractivity contribution in [3.05, 3.63) is 47.3 Å². The fraction of sp³-hybridized carbons (Fsp3) is 0.286. The van der Waals surface area contributed by atoms with Crippen molar-refractivity contribution in [3.8, 4) is 0 Å². The molecule has 1 heterocycles. The molecule has 0 spiro atoms. The summed E-state index contributed by atoms with van der Waals surface area (Å²) in [6.07, 6.45) is 1.82. The molecule has 0 radical (unpaired) electrons. The number of nitrogens with zero attached hydrogens (tertiary/aromatic N) is 2. The molecular formula is C14H18N4O. The third-order valence-corrected chi connectivity index (χ3v) is 3.09. The quantitative estimate of drug-likeness (QED) is 0.876. The molecule has 1 amide bonds. The number of aromatic nitrogens is 2. The number of nitrogens with two attached hydrogens (primary N) is 1. The minimum atomic E-state index is -0.574. The molecule has 2 rings (SSSR count). The van der Waals surface area contributed by atoms with Crippen molar-refractivity contribution in [1.82, 2.24) is 9.78 Å². The maximum atomic E-state index is 11.7. The van der Waals surface area contributed by atoms with E-state index in [0.29, 0.717) is 0 Å². The maximum absolute atomic E-state index is 11.7. The normalized spacial score (nSPS) is 12.2. The first-order chi connectivity index (χ1) is 8.99. The maximum Gasteiger partial charge on any atom is 0.244 e. The number of anilines is 1. The van der Waals surface area contributed by atoms with Gasteiger partial charge in [0.25, 0.3) is 0 Å². The molecule has 0 bridgehead atoms. The number of primary amides is 1. The Bertz CT molecular complexity index is 603. The fourth-order valence-corrected chi connectivity index (χ4v) is 2.09. The Morgan fingerprint density at radius 2 is 2.05 bits per heavy atom. The predicted octanol–water partition coefficient (Wildman–Crippen LogP) is 1.68. The average Bonchev–Trinajstić information content (AvgIpc) is 2.67.